The SMILES string of the molecule is O=C(NCc1ccc2c(c1)OCCO2)C1CCN(c2cnccn2)CC1. The number of hydrogen-bond donors (Lipinski definition) is 1. The van der Waals surface area contributed by atoms with Gasteiger partial charge in [0.05, 0.1) is 6.20 Å². The summed E-state index contributed by atoms with van der Waals surface area (Å²) in [5.74, 6) is 2.55. The van der Waals surface area contributed by atoms with Crippen molar-refractivity contribution in [3.05, 3.63) is 42.4 Å². The molecule has 1 amide bonds. The third-order valence-corrected chi connectivity index (χ3v) is 4.81. The molecule has 26 heavy (non-hydrogen) atoms. The quantitative estimate of drug-likeness (QED) is 0.902. The molecule has 2 aliphatic rings. The third kappa shape index (κ3) is 3.71. The zero-order valence-electron chi connectivity index (χ0n) is 14.6. The third-order valence-electron chi connectivity index (χ3n) is 4.81. The molecule has 1 N–H and O–H groups in total. The molecule has 4 rings (SSSR count). The number of piperidine rings is 1. The van der Waals surface area contributed by atoms with Crippen molar-refractivity contribution in [1.82, 2.24) is 15.3 Å². The zero-order valence-corrected chi connectivity index (χ0v) is 14.6. The van der Waals surface area contributed by atoms with Crippen LogP contribution in [0.5, 0.6) is 11.5 Å². The molecule has 0 aliphatic carbocycles. The topological polar surface area (TPSA) is 76.6 Å². The second kappa shape index (κ2) is 7.59. The van der Waals surface area contributed by atoms with Crippen molar-refractivity contribution in [3.63, 3.8) is 0 Å². The highest BCUT2D eigenvalue weighted by molar-refractivity contribution is 5.79. The van der Waals surface area contributed by atoms with Crippen molar-refractivity contribution in [2.24, 2.45) is 5.92 Å². The first-order valence-electron chi connectivity index (χ1n) is 8.97. The van der Waals surface area contributed by atoms with Gasteiger partial charge in [-0.05, 0) is 30.5 Å². The highest BCUT2D eigenvalue weighted by Crippen LogP contribution is 2.30. The van der Waals surface area contributed by atoms with Gasteiger partial charge < -0.3 is 19.7 Å². The lowest BCUT2D eigenvalue weighted by Gasteiger charge is -2.31. The fourth-order valence-electron chi connectivity index (χ4n) is 3.36. The number of carbonyl (C=O) groups excluding carboxylic acids is 1. The van der Waals surface area contributed by atoms with Crippen LogP contribution >= 0.6 is 0 Å². The van der Waals surface area contributed by atoms with Crippen LogP contribution in [0, 0.1) is 5.92 Å². The Morgan fingerprint density at radius 1 is 1.15 bits per heavy atom. The predicted molar refractivity (Wildman–Crippen MR) is 96.2 cm³/mol. The van der Waals surface area contributed by atoms with E-state index >= 15 is 0 Å². The van der Waals surface area contributed by atoms with Gasteiger partial charge in [0.1, 0.15) is 19.0 Å². The zero-order chi connectivity index (χ0) is 17.8. The molecule has 0 atom stereocenters. The molecule has 2 aromatic rings. The van der Waals surface area contributed by atoms with Crippen molar-refractivity contribution in [2.45, 2.75) is 19.4 Å². The molecule has 1 fully saturated rings. The molecule has 136 valence electrons. The first-order valence-corrected chi connectivity index (χ1v) is 8.97. The Balaban J connectivity index is 1.28. The predicted octanol–water partition coefficient (Wildman–Crippen LogP) is 1.78. The van der Waals surface area contributed by atoms with Crippen molar-refractivity contribution in [2.75, 3.05) is 31.2 Å². The summed E-state index contributed by atoms with van der Waals surface area (Å²) in [7, 11) is 0. The van der Waals surface area contributed by atoms with Crippen molar-refractivity contribution in [1.29, 1.82) is 0 Å². The van der Waals surface area contributed by atoms with Crippen molar-refractivity contribution < 1.29 is 14.3 Å². The van der Waals surface area contributed by atoms with Gasteiger partial charge in [-0.2, -0.15) is 0 Å². The van der Waals surface area contributed by atoms with Crippen LogP contribution < -0.4 is 19.7 Å². The summed E-state index contributed by atoms with van der Waals surface area (Å²) in [5.41, 5.74) is 1.01. The van der Waals surface area contributed by atoms with Crippen LogP contribution in [-0.4, -0.2) is 42.2 Å². The number of ether oxygens (including phenoxy) is 2. The highest BCUT2D eigenvalue weighted by atomic mass is 16.6. The van der Waals surface area contributed by atoms with Gasteiger partial charge in [0.25, 0.3) is 0 Å². The normalized spacial score (nSPS) is 17.0. The Kier molecular flexibility index (Phi) is 4.86. The number of aromatic nitrogens is 2. The number of fused-ring (bicyclic) bond motifs is 1. The van der Waals surface area contributed by atoms with E-state index in [0.29, 0.717) is 19.8 Å². The summed E-state index contributed by atoms with van der Waals surface area (Å²) in [6.45, 7) is 3.28. The maximum atomic E-state index is 12.5. The van der Waals surface area contributed by atoms with Crippen LogP contribution in [0.2, 0.25) is 0 Å². The fourth-order valence-corrected chi connectivity index (χ4v) is 3.36. The molecule has 7 heteroatoms. The average molecular weight is 354 g/mol. The average Bonchev–Trinajstić information content (AvgIpc) is 2.72. The van der Waals surface area contributed by atoms with Crippen LogP contribution in [0.15, 0.2) is 36.8 Å². The number of carbonyl (C=O) groups is 1. The van der Waals surface area contributed by atoms with Gasteiger partial charge in [-0.15, -0.1) is 0 Å². The van der Waals surface area contributed by atoms with Crippen molar-refractivity contribution in [3.8, 4) is 11.5 Å². The van der Waals surface area contributed by atoms with Crippen LogP contribution in [0.3, 0.4) is 0 Å². The summed E-state index contributed by atoms with van der Waals surface area (Å²) >= 11 is 0. The second-order valence-electron chi connectivity index (χ2n) is 6.52. The minimum Gasteiger partial charge on any atom is -0.486 e. The van der Waals surface area contributed by atoms with E-state index in [1.165, 1.54) is 0 Å². The number of hydrogen-bond acceptors (Lipinski definition) is 6. The maximum Gasteiger partial charge on any atom is 0.223 e. The van der Waals surface area contributed by atoms with Crippen LogP contribution in [0.4, 0.5) is 5.82 Å². The van der Waals surface area contributed by atoms with Crippen LogP contribution in [0.25, 0.3) is 0 Å². The lowest BCUT2D eigenvalue weighted by molar-refractivity contribution is -0.125. The molecule has 7 nitrogen and oxygen atoms in total. The lowest BCUT2D eigenvalue weighted by atomic mass is 9.96. The molecule has 0 unspecified atom stereocenters. The number of nitrogens with zero attached hydrogens (tertiary/aromatic N) is 3. The highest BCUT2D eigenvalue weighted by Gasteiger charge is 2.25. The summed E-state index contributed by atoms with van der Waals surface area (Å²) < 4.78 is 11.1. The summed E-state index contributed by atoms with van der Waals surface area (Å²) in [6, 6.07) is 5.80. The molecular weight excluding hydrogens is 332 g/mol. The number of rotatable bonds is 4. The molecule has 0 radical (unpaired) electrons. The number of benzene rings is 1. The standard InChI is InChI=1S/C19H22N4O3/c24-19(15-3-7-23(8-4-15)18-13-20-5-6-21-18)22-12-14-1-2-16-17(11-14)26-10-9-25-16/h1-2,5-6,11,13,15H,3-4,7-10,12H2,(H,22,24). The minimum atomic E-state index is 0.0418. The Hall–Kier alpha value is -2.83. The van der Waals surface area contributed by atoms with Gasteiger partial charge in [0.2, 0.25) is 5.91 Å². The largest absolute Gasteiger partial charge is 0.486 e. The van der Waals surface area contributed by atoms with E-state index in [1.54, 1.807) is 18.6 Å². The number of nitrogens with one attached hydrogen (secondary N) is 1. The van der Waals surface area contributed by atoms with Crippen LogP contribution in [0.1, 0.15) is 18.4 Å². The smallest absolute Gasteiger partial charge is 0.223 e. The van der Waals surface area contributed by atoms with Gasteiger partial charge in [-0.25, -0.2) is 4.98 Å². The van der Waals surface area contributed by atoms with E-state index in [9.17, 15) is 4.79 Å². The molecule has 0 saturated carbocycles. The van der Waals surface area contributed by atoms with E-state index in [2.05, 4.69) is 20.2 Å². The molecule has 1 aromatic heterocycles. The van der Waals surface area contributed by atoms with E-state index in [0.717, 1.165) is 48.8 Å². The minimum absolute atomic E-state index is 0.0418. The molecule has 0 spiro atoms. The molecule has 1 saturated heterocycles. The Morgan fingerprint density at radius 2 is 1.96 bits per heavy atom. The first-order chi connectivity index (χ1) is 12.8. The fraction of sp³-hybridized carbons (Fsp3) is 0.421. The number of anilines is 1. The van der Waals surface area contributed by atoms with E-state index in [4.69, 9.17) is 9.47 Å². The summed E-state index contributed by atoms with van der Waals surface area (Å²) in [5, 5.41) is 3.05. The van der Waals surface area contributed by atoms with Crippen LogP contribution in [-0.2, 0) is 11.3 Å². The Bertz CT molecular complexity index is 761. The monoisotopic (exact) mass is 354 g/mol. The van der Waals surface area contributed by atoms with Gasteiger partial charge in [0.15, 0.2) is 11.5 Å². The molecule has 2 aliphatic heterocycles. The lowest BCUT2D eigenvalue weighted by Crippen LogP contribution is -2.40. The molecule has 0 bridgehead atoms. The van der Waals surface area contributed by atoms with E-state index in [-0.39, 0.29) is 11.8 Å². The molecular formula is C19H22N4O3. The second-order valence-corrected chi connectivity index (χ2v) is 6.52. The van der Waals surface area contributed by atoms with Gasteiger partial charge in [0, 0.05) is 37.9 Å². The summed E-state index contributed by atoms with van der Waals surface area (Å²) in [4.78, 5) is 23.1. The van der Waals surface area contributed by atoms with Gasteiger partial charge >= 0.3 is 0 Å². The Morgan fingerprint density at radius 3 is 2.73 bits per heavy atom. The maximum absolute atomic E-state index is 12.5. The summed E-state index contributed by atoms with van der Waals surface area (Å²) in [6.07, 6.45) is 6.78. The van der Waals surface area contributed by atoms with Crippen molar-refractivity contribution >= 4 is 11.7 Å². The molecule has 3 heterocycles. The first kappa shape index (κ1) is 16.6. The Labute approximate surface area is 152 Å². The van der Waals surface area contributed by atoms with Gasteiger partial charge in [-0.3, -0.25) is 9.78 Å². The molecule has 1 aromatic carbocycles. The number of amides is 1. The van der Waals surface area contributed by atoms with E-state index < -0.39 is 0 Å². The van der Waals surface area contributed by atoms with Gasteiger partial charge in [-0.1, -0.05) is 6.07 Å². The van der Waals surface area contributed by atoms with E-state index in [1.807, 2.05) is 18.2 Å².